The second-order valence-electron chi connectivity index (χ2n) is 5.50. The van der Waals surface area contributed by atoms with E-state index in [1.165, 1.54) is 19.3 Å². The number of furan rings is 1. The van der Waals surface area contributed by atoms with E-state index in [0.717, 1.165) is 43.4 Å². The first-order valence-corrected chi connectivity index (χ1v) is 8.59. The Labute approximate surface area is 138 Å². The minimum Gasteiger partial charge on any atom is -0.490 e. The molecule has 0 unspecified atom stereocenters. The molecule has 4 heteroatoms. The number of hydrogen-bond donors (Lipinski definition) is 1. The highest BCUT2D eigenvalue weighted by molar-refractivity contribution is 5.39. The van der Waals surface area contributed by atoms with Gasteiger partial charge in [0.1, 0.15) is 6.54 Å². The molecular formula is C19H28NO3+. The fourth-order valence-corrected chi connectivity index (χ4v) is 2.44. The molecule has 0 spiro atoms. The van der Waals surface area contributed by atoms with Gasteiger partial charge in [-0.05, 0) is 56.9 Å². The van der Waals surface area contributed by atoms with Crippen LogP contribution in [-0.2, 0) is 6.54 Å². The summed E-state index contributed by atoms with van der Waals surface area (Å²) in [5, 5.41) is 2.30. The van der Waals surface area contributed by atoms with Crippen LogP contribution in [0.5, 0.6) is 11.5 Å². The molecule has 4 nitrogen and oxygen atoms in total. The average Bonchev–Trinajstić information content (AvgIpc) is 3.08. The molecule has 0 saturated carbocycles. The first kappa shape index (κ1) is 17.4. The maximum atomic E-state index is 5.82. The Bertz CT molecular complexity index is 525. The van der Waals surface area contributed by atoms with Gasteiger partial charge in [-0.3, -0.25) is 0 Å². The van der Waals surface area contributed by atoms with E-state index in [9.17, 15) is 0 Å². The molecule has 0 aliphatic rings. The highest BCUT2D eigenvalue weighted by Gasteiger charge is 2.03. The lowest BCUT2D eigenvalue weighted by molar-refractivity contribution is -0.672. The molecule has 0 atom stereocenters. The maximum Gasteiger partial charge on any atom is 0.161 e. The molecule has 0 aliphatic heterocycles. The van der Waals surface area contributed by atoms with Crippen LogP contribution in [-0.4, -0.2) is 19.8 Å². The summed E-state index contributed by atoms with van der Waals surface area (Å²) in [4.78, 5) is 0. The summed E-state index contributed by atoms with van der Waals surface area (Å²) >= 11 is 0. The highest BCUT2D eigenvalue weighted by atomic mass is 16.5. The van der Waals surface area contributed by atoms with Crippen molar-refractivity contribution in [2.75, 3.05) is 19.8 Å². The summed E-state index contributed by atoms with van der Waals surface area (Å²) in [7, 11) is 0. The van der Waals surface area contributed by atoms with E-state index < -0.39 is 0 Å². The lowest BCUT2D eigenvalue weighted by Crippen LogP contribution is -2.82. The summed E-state index contributed by atoms with van der Waals surface area (Å²) in [6.07, 6.45) is 6.48. The van der Waals surface area contributed by atoms with Gasteiger partial charge in [-0.15, -0.1) is 0 Å². The summed E-state index contributed by atoms with van der Waals surface area (Å²) < 4.78 is 16.7. The van der Waals surface area contributed by atoms with Crippen molar-refractivity contribution in [3.05, 3.63) is 48.4 Å². The fourth-order valence-electron chi connectivity index (χ4n) is 2.44. The van der Waals surface area contributed by atoms with Crippen LogP contribution in [0.4, 0.5) is 0 Å². The monoisotopic (exact) mass is 318 g/mol. The number of quaternary nitrogens is 1. The SMILES string of the molecule is CCOc1ccccc1OCCCCCC[NH2+]Cc1ccco1. The third-order valence-corrected chi connectivity index (χ3v) is 3.63. The van der Waals surface area contributed by atoms with Crippen molar-refractivity contribution in [2.24, 2.45) is 0 Å². The topological polar surface area (TPSA) is 48.2 Å². The predicted octanol–water partition coefficient (Wildman–Crippen LogP) is 3.38. The third-order valence-electron chi connectivity index (χ3n) is 3.63. The lowest BCUT2D eigenvalue weighted by Gasteiger charge is -2.11. The molecule has 23 heavy (non-hydrogen) atoms. The molecule has 2 N–H and O–H groups in total. The molecule has 0 fully saturated rings. The zero-order chi connectivity index (χ0) is 16.2. The Morgan fingerprint density at radius 3 is 2.43 bits per heavy atom. The second-order valence-corrected chi connectivity index (χ2v) is 5.50. The number of benzene rings is 1. The number of para-hydroxylation sites is 2. The van der Waals surface area contributed by atoms with Crippen molar-refractivity contribution in [1.29, 1.82) is 0 Å². The van der Waals surface area contributed by atoms with Crippen LogP contribution in [0.2, 0.25) is 0 Å². The highest BCUT2D eigenvalue weighted by Crippen LogP contribution is 2.26. The predicted molar refractivity (Wildman–Crippen MR) is 90.8 cm³/mol. The van der Waals surface area contributed by atoms with E-state index in [4.69, 9.17) is 13.9 Å². The van der Waals surface area contributed by atoms with Gasteiger partial charge >= 0.3 is 0 Å². The maximum absolute atomic E-state index is 5.82. The zero-order valence-corrected chi connectivity index (χ0v) is 14.0. The van der Waals surface area contributed by atoms with E-state index in [2.05, 4.69) is 5.32 Å². The van der Waals surface area contributed by atoms with E-state index in [1.807, 2.05) is 43.3 Å². The van der Waals surface area contributed by atoms with Crippen molar-refractivity contribution in [1.82, 2.24) is 0 Å². The molecule has 126 valence electrons. The number of nitrogens with two attached hydrogens (primary N) is 1. The van der Waals surface area contributed by atoms with E-state index in [-0.39, 0.29) is 0 Å². The van der Waals surface area contributed by atoms with Crippen LogP contribution < -0.4 is 14.8 Å². The molecule has 1 aromatic heterocycles. The Balaban J connectivity index is 1.48. The van der Waals surface area contributed by atoms with Crippen molar-refractivity contribution < 1.29 is 19.2 Å². The molecule has 0 bridgehead atoms. The Morgan fingerprint density at radius 2 is 1.70 bits per heavy atom. The van der Waals surface area contributed by atoms with Crippen molar-refractivity contribution in [3.8, 4) is 11.5 Å². The van der Waals surface area contributed by atoms with Gasteiger partial charge in [-0.25, -0.2) is 0 Å². The molecule has 0 radical (unpaired) electrons. The molecule has 2 rings (SSSR count). The first-order chi connectivity index (χ1) is 11.4. The largest absolute Gasteiger partial charge is 0.490 e. The normalized spacial score (nSPS) is 10.7. The average molecular weight is 318 g/mol. The van der Waals surface area contributed by atoms with Gasteiger partial charge in [0.25, 0.3) is 0 Å². The number of hydrogen-bond acceptors (Lipinski definition) is 3. The van der Waals surface area contributed by atoms with Crippen LogP contribution in [0.3, 0.4) is 0 Å². The van der Waals surface area contributed by atoms with Crippen LogP contribution in [0.25, 0.3) is 0 Å². The van der Waals surface area contributed by atoms with Gasteiger partial charge in [-0.1, -0.05) is 12.1 Å². The molecule has 0 aliphatic carbocycles. The van der Waals surface area contributed by atoms with Gasteiger partial charge in [0.15, 0.2) is 17.3 Å². The molecule has 0 amide bonds. The Morgan fingerprint density at radius 1 is 0.913 bits per heavy atom. The molecule has 1 aromatic carbocycles. The van der Waals surface area contributed by atoms with Gasteiger partial charge in [0.05, 0.1) is 26.0 Å². The summed E-state index contributed by atoms with van der Waals surface area (Å²) in [5.41, 5.74) is 0. The van der Waals surface area contributed by atoms with Gasteiger partial charge in [0, 0.05) is 0 Å². The molecule has 2 aromatic rings. The fraction of sp³-hybridized carbons (Fsp3) is 0.474. The number of unbranched alkanes of at least 4 members (excludes halogenated alkanes) is 3. The summed E-state index contributed by atoms with van der Waals surface area (Å²) in [6, 6.07) is 11.8. The third kappa shape index (κ3) is 6.78. The van der Waals surface area contributed by atoms with E-state index in [1.54, 1.807) is 6.26 Å². The summed E-state index contributed by atoms with van der Waals surface area (Å²) in [6.45, 7) is 5.48. The van der Waals surface area contributed by atoms with Crippen molar-refractivity contribution in [2.45, 2.75) is 39.2 Å². The lowest BCUT2D eigenvalue weighted by atomic mass is 10.2. The number of rotatable bonds is 12. The molecule has 1 heterocycles. The van der Waals surface area contributed by atoms with Crippen LogP contribution >= 0.6 is 0 Å². The van der Waals surface area contributed by atoms with E-state index >= 15 is 0 Å². The van der Waals surface area contributed by atoms with Crippen molar-refractivity contribution >= 4 is 0 Å². The molecule has 0 saturated heterocycles. The first-order valence-electron chi connectivity index (χ1n) is 8.59. The standard InChI is InChI=1S/C19H27NO3/c1-2-21-18-11-5-6-12-19(18)23-14-8-4-3-7-13-20-16-17-10-9-15-22-17/h5-6,9-12,15,20H,2-4,7-8,13-14,16H2,1H3/p+1. The van der Waals surface area contributed by atoms with Gasteiger partial charge < -0.3 is 19.2 Å². The Hall–Kier alpha value is -1.94. The minimum absolute atomic E-state index is 0.662. The Kier molecular flexibility index (Phi) is 8.12. The minimum atomic E-state index is 0.662. The summed E-state index contributed by atoms with van der Waals surface area (Å²) in [5.74, 6) is 2.73. The second kappa shape index (κ2) is 10.7. The van der Waals surface area contributed by atoms with Crippen molar-refractivity contribution in [3.63, 3.8) is 0 Å². The van der Waals surface area contributed by atoms with Crippen LogP contribution in [0.1, 0.15) is 38.4 Å². The van der Waals surface area contributed by atoms with Gasteiger partial charge in [-0.2, -0.15) is 0 Å². The van der Waals surface area contributed by atoms with E-state index in [0.29, 0.717) is 6.61 Å². The zero-order valence-electron chi connectivity index (χ0n) is 14.0. The quantitative estimate of drug-likeness (QED) is 0.610. The number of ether oxygens (including phenoxy) is 2. The molecular weight excluding hydrogens is 290 g/mol. The van der Waals surface area contributed by atoms with Crippen LogP contribution in [0, 0.1) is 0 Å². The van der Waals surface area contributed by atoms with Crippen LogP contribution in [0.15, 0.2) is 47.1 Å². The van der Waals surface area contributed by atoms with Gasteiger partial charge in [0.2, 0.25) is 0 Å². The smallest absolute Gasteiger partial charge is 0.161 e.